The molecule has 1 aromatic heterocycles. The molecule has 0 bridgehead atoms. The molecular weight excluding hydrogens is 336 g/mol. The van der Waals surface area contributed by atoms with Gasteiger partial charge in [-0.25, -0.2) is 8.42 Å². The second-order valence-corrected chi connectivity index (χ2v) is 7.48. The number of sulfonamides is 1. The smallest absolute Gasteiger partial charge is 0.246 e. The molecule has 1 saturated heterocycles. The van der Waals surface area contributed by atoms with Crippen LogP contribution in [0.25, 0.3) is 0 Å². The van der Waals surface area contributed by atoms with Crippen LogP contribution in [0.4, 0.5) is 0 Å². The van der Waals surface area contributed by atoms with Crippen LogP contribution in [0.5, 0.6) is 0 Å². The van der Waals surface area contributed by atoms with E-state index in [1.165, 1.54) is 6.20 Å². The Morgan fingerprint density at radius 1 is 1.17 bits per heavy atom. The molecule has 0 aromatic carbocycles. The van der Waals surface area contributed by atoms with Crippen molar-refractivity contribution in [2.24, 2.45) is 0 Å². The molecule has 2 rings (SSSR count). The highest BCUT2D eigenvalue weighted by molar-refractivity contribution is 9.10. The molecule has 0 spiro atoms. The molecule has 7 heteroatoms. The van der Waals surface area contributed by atoms with E-state index in [0.29, 0.717) is 22.1 Å². The van der Waals surface area contributed by atoms with Crippen LogP contribution < -0.4 is 0 Å². The highest BCUT2D eigenvalue weighted by atomic mass is 79.9. The number of hydrogen-bond donors (Lipinski definition) is 1. The third-order valence-corrected chi connectivity index (χ3v) is 6.43. The zero-order valence-electron chi connectivity index (χ0n) is 9.86. The number of rotatable bonds is 2. The van der Waals surface area contributed by atoms with E-state index in [-0.39, 0.29) is 4.90 Å². The van der Waals surface area contributed by atoms with E-state index >= 15 is 0 Å². The van der Waals surface area contributed by atoms with Crippen LogP contribution in [0, 0.1) is 4.51 Å². The largest absolute Gasteiger partial charge is 0.365 e. The molecule has 1 aliphatic heterocycles. The molecule has 0 amide bonds. The van der Waals surface area contributed by atoms with Gasteiger partial charge in [-0.15, -0.1) is 0 Å². The van der Waals surface area contributed by atoms with Crippen molar-refractivity contribution in [2.75, 3.05) is 13.1 Å². The van der Waals surface area contributed by atoms with Crippen LogP contribution in [0.3, 0.4) is 0 Å². The second kappa shape index (κ2) is 5.81. The van der Waals surface area contributed by atoms with Crippen LogP contribution in [-0.2, 0) is 10.0 Å². The van der Waals surface area contributed by atoms with Crippen molar-refractivity contribution in [1.29, 1.82) is 0 Å². The fourth-order valence-electron chi connectivity index (χ4n) is 2.05. The Labute approximate surface area is 121 Å². The molecule has 0 atom stereocenters. The molecule has 18 heavy (non-hydrogen) atoms. The van der Waals surface area contributed by atoms with Crippen LogP contribution >= 0.6 is 28.1 Å². The fourth-order valence-corrected chi connectivity index (χ4v) is 4.54. The maximum atomic E-state index is 12.5. The van der Waals surface area contributed by atoms with E-state index in [2.05, 4.69) is 20.9 Å². The lowest BCUT2D eigenvalue weighted by Gasteiger charge is -2.19. The Balaban J connectivity index is 2.41. The molecule has 4 nitrogen and oxygen atoms in total. The number of H-pyrrole nitrogens is 1. The van der Waals surface area contributed by atoms with E-state index in [9.17, 15) is 8.42 Å². The van der Waals surface area contributed by atoms with Gasteiger partial charge in [0.05, 0.1) is 8.98 Å². The van der Waals surface area contributed by atoms with Gasteiger partial charge in [0.2, 0.25) is 10.0 Å². The summed E-state index contributed by atoms with van der Waals surface area (Å²) in [4.78, 5) is 3.00. The number of nitrogens with zero attached hydrogens (tertiary/aromatic N) is 1. The van der Waals surface area contributed by atoms with Gasteiger partial charge in [-0.3, -0.25) is 0 Å². The SMILES string of the molecule is O=S(=O)(c1c[nH]cc(Br)c1=S)N1CCCCCC1. The first-order chi connectivity index (χ1) is 8.53. The van der Waals surface area contributed by atoms with Gasteiger partial charge in [-0.2, -0.15) is 4.31 Å². The van der Waals surface area contributed by atoms with Crippen molar-refractivity contribution in [3.8, 4) is 0 Å². The number of aromatic amines is 1. The van der Waals surface area contributed by atoms with Gasteiger partial charge < -0.3 is 4.98 Å². The summed E-state index contributed by atoms with van der Waals surface area (Å²) in [6.07, 6.45) is 7.14. The third kappa shape index (κ3) is 2.84. The molecular formula is C11H15BrN2O2S2. The number of aromatic nitrogens is 1. The zero-order valence-corrected chi connectivity index (χ0v) is 13.1. The minimum Gasteiger partial charge on any atom is -0.365 e. The lowest BCUT2D eigenvalue weighted by Crippen LogP contribution is -2.32. The predicted octanol–water partition coefficient (Wildman–Crippen LogP) is 3.07. The highest BCUT2D eigenvalue weighted by Gasteiger charge is 2.26. The van der Waals surface area contributed by atoms with Crippen molar-refractivity contribution < 1.29 is 8.42 Å². The normalized spacial score (nSPS) is 18.5. The molecule has 1 aliphatic rings. The standard InChI is InChI=1S/C11H15BrN2O2S2/c12-9-7-13-8-10(11(9)17)18(15,16)14-5-3-1-2-4-6-14/h7-8H,1-6H2,(H,13,17). The Hall–Kier alpha value is -0.240. The van der Waals surface area contributed by atoms with Crippen LogP contribution in [-0.4, -0.2) is 30.8 Å². The van der Waals surface area contributed by atoms with Gasteiger partial charge in [-0.1, -0.05) is 25.1 Å². The van der Waals surface area contributed by atoms with Gasteiger partial charge in [0, 0.05) is 25.5 Å². The molecule has 1 N–H and O–H groups in total. The monoisotopic (exact) mass is 350 g/mol. The van der Waals surface area contributed by atoms with E-state index in [1.807, 2.05) is 0 Å². The summed E-state index contributed by atoms with van der Waals surface area (Å²) in [5.74, 6) is 0. The van der Waals surface area contributed by atoms with Crippen LogP contribution in [0.2, 0.25) is 0 Å². The van der Waals surface area contributed by atoms with Gasteiger partial charge in [0.1, 0.15) is 4.90 Å². The summed E-state index contributed by atoms with van der Waals surface area (Å²) < 4.78 is 27.6. The summed E-state index contributed by atoms with van der Waals surface area (Å²) >= 11 is 8.43. The van der Waals surface area contributed by atoms with Crippen molar-refractivity contribution >= 4 is 38.2 Å². The highest BCUT2D eigenvalue weighted by Crippen LogP contribution is 2.23. The summed E-state index contributed by atoms with van der Waals surface area (Å²) in [5.41, 5.74) is 0. The van der Waals surface area contributed by atoms with Crippen molar-refractivity contribution in [3.05, 3.63) is 21.4 Å². The molecule has 0 radical (unpaired) electrons. The lowest BCUT2D eigenvalue weighted by molar-refractivity contribution is 0.423. The minimum atomic E-state index is -3.47. The van der Waals surface area contributed by atoms with E-state index in [4.69, 9.17) is 12.2 Å². The van der Waals surface area contributed by atoms with Crippen molar-refractivity contribution in [2.45, 2.75) is 30.6 Å². The number of halogens is 1. The predicted molar refractivity (Wildman–Crippen MR) is 76.6 cm³/mol. The van der Waals surface area contributed by atoms with Crippen molar-refractivity contribution in [1.82, 2.24) is 9.29 Å². The van der Waals surface area contributed by atoms with Gasteiger partial charge >= 0.3 is 0 Å². The Kier molecular flexibility index (Phi) is 4.58. The molecule has 100 valence electrons. The summed E-state index contributed by atoms with van der Waals surface area (Å²) in [6.45, 7) is 1.17. The van der Waals surface area contributed by atoms with E-state index in [1.54, 1.807) is 10.5 Å². The zero-order chi connectivity index (χ0) is 13.2. The quantitative estimate of drug-likeness (QED) is 0.834. The lowest BCUT2D eigenvalue weighted by atomic mass is 10.2. The molecule has 1 aromatic rings. The fraction of sp³-hybridized carbons (Fsp3) is 0.545. The summed E-state index contributed by atoms with van der Waals surface area (Å²) in [7, 11) is -3.47. The summed E-state index contributed by atoms with van der Waals surface area (Å²) in [6, 6.07) is 0. The minimum absolute atomic E-state index is 0.189. The van der Waals surface area contributed by atoms with Crippen molar-refractivity contribution in [3.63, 3.8) is 0 Å². The first-order valence-electron chi connectivity index (χ1n) is 5.90. The van der Waals surface area contributed by atoms with Crippen LogP contribution in [0.15, 0.2) is 21.8 Å². The first kappa shape index (κ1) is 14.2. The molecule has 1 fully saturated rings. The molecule has 2 heterocycles. The Morgan fingerprint density at radius 2 is 1.78 bits per heavy atom. The topological polar surface area (TPSA) is 53.2 Å². The molecule has 0 aliphatic carbocycles. The van der Waals surface area contributed by atoms with Gasteiger partial charge in [0.15, 0.2) is 0 Å². The Bertz CT molecular complexity index is 575. The maximum absolute atomic E-state index is 12.5. The average molecular weight is 351 g/mol. The third-order valence-electron chi connectivity index (χ3n) is 3.05. The molecule has 0 saturated carbocycles. The van der Waals surface area contributed by atoms with E-state index in [0.717, 1.165) is 25.7 Å². The number of hydrogen-bond acceptors (Lipinski definition) is 3. The van der Waals surface area contributed by atoms with Gasteiger partial charge in [-0.05, 0) is 28.8 Å². The van der Waals surface area contributed by atoms with E-state index < -0.39 is 10.0 Å². The summed E-state index contributed by atoms with van der Waals surface area (Å²) in [5, 5.41) is 0. The number of nitrogens with one attached hydrogen (secondary N) is 1. The number of pyridine rings is 1. The van der Waals surface area contributed by atoms with Crippen LogP contribution in [0.1, 0.15) is 25.7 Å². The maximum Gasteiger partial charge on any atom is 0.246 e. The second-order valence-electron chi connectivity index (χ2n) is 4.31. The average Bonchev–Trinajstić information content (AvgIpc) is 2.61. The van der Waals surface area contributed by atoms with Gasteiger partial charge in [0.25, 0.3) is 0 Å². The first-order valence-corrected chi connectivity index (χ1v) is 8.54. The Morgan fingerprint density at radius 3 is 2.39 bits per heavy atom. The molecule has 0 unspecified atom stereocenters.